The molecule has 0 saturated carbocycles. The molecule has 16 heavy (non-hydrogen) atoms. The van der Waals surface area contributed by atoms with Gasteiger partial charge in [0, 0.05) is 5.38 Å². The van der Waals surface area contributed by atoms with Crippen molar-refractivity contribution in [3.63, 3.8) is 0 Å². The molecule has 0 aliphatic heterocycles. The minimum absolute atomic E-state index is 0.208. The summed E-state index contributed by atoms with van der Waals surface area (Å²) in [4.78, 5) is 3.18. The molecule has 0 unspecified atom stereocenters. The Hall–Kier alpha value is -0.930. The monoisotopic (exact) mass is 249 g/mol. The van der Waals surface area contributed by atoms with E-state index >= 15 is 0 Å². The third-order valence-electron chi connectivity index (χ3n) is 2.58. The molecule has 0 radical (unpaired) electrons. The molecule has 0 amide bonds. The van der Waals surface area contributed by atoms with E-state index in [1.807, 2.05) is 0 Å². The molecular formula is C13H15NS2. The molecule has 1 aromatic heterocycles. The lowest BCUT2D eigenvalue weighted by Gasteiger charge is -2.18. The fourth-order valence-electron chi connectivity index (χ4n) is 1.57. The molecule has 0 spiro atoms. The van der Waals surface area contributed by atoms with E-state index in [-0.39, 0.29) is 5.41 Å². The molecule has 0 saturated heterocycles. The van der Waals surface area contributed by atoms with Gasteiger partial charge in [-0.05, 0) is 28.8 Å². The Morgan fingerprint density at radius 1 is 1.12 bits per heavy atom. The van der Waals surface area contributed by atoms with Crippen LogP contribution in [-0.4, -0.2) is 4.98 Å². The number of H-pyrrole nitrogens is 1. The van der Waals surface area contributed by atoms with Gasteiger partial charge in [0.1, 0.15) is 0 Å². The van der Waals surface area contributed by atoms with Gasteiger partial charge in [-0.25, -0.2) is 0 Å². The van der Waals surface area contributed by atoms with Crippen LogP contribution in [0.25, 0.3) is 11.3 Å². The van der Waals surface area contributed by atoms with Crippen molar-refractivity contribution in [3.05, 3.63) is 39.2 Å². The Kier molecular flexibility index (Phi) is 3.00. The minimum atomic E-state index is 0.208. The highest BCUT2D eigenvalue weighted by Crippen LogP contribution is 2.26. The summed E-state index contributed by atoms with van der Waals surface area (Å²) in [6.07, 6.45) is 0. The van der Waals surface area contributed by atoms with E-state index in [0.717, 1.165) is 9.65 Å². The van der Waals surface area contributed by atoms with Crippen LogP contribution in [-0.2, 0) is 5.41 Å². The highest BCUT2D eigenvalue weighted by molar-refractivity contribution is 7.73. The molecule has 2 aromatic rings. The Balaban J connectivity index is 2.36. The number of rotatable bonds is 1. The maximum Gasteiger partial charge on any atom is 0.158 e. The third kappa shape index (κ3) is 2.42. The van der Waals surface area contributed by atoms with Crippen molar-refractivity contribution in [2.24, 2.45) is 0 Å². The third-order valence-corrected chi connectivity index (χ3v) is 3.64. The van der Waals surface area contributed by atoms with Gasteiger partial charge in [0.25, 0.3) is 0 Å². The maximum absolute atomic E-state index is 5.08. The highest BCUT2D eigenvalue weighted by atomic mass is 32.1. The number of nitrogens with one attached hydrogen (secondary N) is 1. The number of thiazole rings is 1. The zero-order valence-electron chi connectivity index (χ0n) is 9.70. The van der Waals surface area contributed by atoms with E-state index in [4.69, 9.17) is 12.2 Å². The van der Waals surface area contributed by atoms with Crippen LogP contribution in [0.5, 0.6) is 0 Å². The van der Waals surface area contributed by atoms with Gasteiger partial charge in [0.15, 0.2) is 3.95 Å². The van der Waals surface area contributed by atoms with Crippen molar-refractivity contribution in [1.29, 1.82) is 0 Å². The summed E-state index contributed by atoms with van der Waals surface area (Å²) in [7, 11) is 0. The molecule has 0 aliphatic carbocycles. The summed E-state index contributed by atoms with van der Waals surface area (Å²) < 4.78 is 0.829. The van der Waals surface area contributed by atoms with E-state index in [0.29, 0.717) is 0 Å². The van der Waals surface area contributed by atoms with Crippen molar-refractivity contribution in [3.8, 4) is 11.3 Å². The van der Waals surface area contributed by atoms with Crippen molar-refractivity contribution in [1.82, 2.24) is 4.98 Å². The molecule has 0 atom stereocenters. The van der Waals surface area contributed by atoms with Crippen molar-refractivity contribution in [2.75, 3.05) is 0 Å². The first-order valence-corrected chi connectivity index (χ1v) is 6.54. The summed E-state index contributed by atoms with van der Waals surface area (Å²) in [6, 6.07) is 8.66. The summed E-state index contributed by atoms with van der Waals surface area (Å²) in [6.45, 7) is 6.67. The molecule has 84 valence electrons. The average molecular weight is 249 g/mol. The lowest BCUT2D eigenvalue weighted by molar-refractivity contribution is 0.590. The van der Waals surface area contributed by atoms with Gasteiger partial charge in [-0.3, -0.25) is 0 Å². The first-order chi connectivity index (χ1) is 7.47. The molecule has 1 heterocycles. The summed E-state index contributed by atoms with van der Waals surface area (Å²) in [5, 5.41) is 2.06. The largest absolute Gasteiger partial charge is 0.337 e. The van der Waals surface area contributed by atoms with Gasteiger partial charge in [-0.1, -0.05) is 45.0 Å². The van der Waals surface area contributed by atoms with Gasteiger partial charge in [0.2, 0.25) is 0 Å². The lowest BCUT2D eigenvalue weighted by Crippen LogP contribution is -2.10. The number of aromatic amines is 1. The van der Waals surface area contributed by atoms with E-state index < -0.39 is 0 Å². The molecule has 0 bridgehead atoms. The van der Waals surface area contributed by atoms with Crippen LogP contribution < -0.4 is 0 Å². The van der Waals surface area contributed by atoms with Gasteiger partial charge < -0.3 is 4.98 Å². The SMILES string of the molecule is CC(C)(C)c1ccc(-c2csc(=S)[nH]2)cc1. The van der Waals surface area contributed by atoms with E-state index in [2.05, 4.69) is 55.4 Å². The van der Waals surface area contributed by atoms with E-state index in [1.54, 1.807) is 11.3 Å². The minimum Gasteiger partial charge on any atom is -0.337 e. The maximum atomic E-state index is 5.08. The van der Waals surface area contributed by atoms with Gasteiger partial charge in [0.05, 0.1) is 5.69 Å². The van der Waals surface area contributed by atoms with E-state index in [9.17, 15) is 0 Å². The van der Waals surface area contributed by atoms with Crippen LogP contribution in [0.3, 0.4) is 0 Å². The predicted molar refractivity (Wildman–Crippen MR) is 73.6 cm³/mol. The number of aromatic nitrogens is 1. The van der Waals surface area contributed by atoms with Crippen LogP contribution in [0.4, 0.5) is 0 Å². The molecule has 1 N–H and O–H groups in total. The highest BCUT2D eigenvalue weighted by Gasteiger charge is 2.13. The first-order valence-electron chi connectivity index (χ1n) is 5.25. The standard InChI is InChI=1S/C13H15NS2/c1-13(2,3)10-6-4-9(5-7-10)11-8-16-12(15)14-11/h4-8H,1-3H3,(H,14,15). The normalized spacial score (nSPS) is 11.7. The van der Waals surface area contributed by atoms with Crippen molar-refractivity contribution >= 4 is 23.6 Å². The molecule has 2 rings (SSSR count). The Bertz CT molecular complexity index is 526. The second-order valence-corrected chi connectivity index (χ2v) is 6.44. The Labute approximate surface area is 105 Å². The van der Waals surface area contributed by atoms with Crippen molar-refractivity contribution < 1.29 is 0 Å². The number of benzene rings is 1. The second-order valence-electron chi connectivity index (χ2n) is 4.89. The smallest absolute Gasteiger partial charge is 0.158 e. The first kappa shape index (κ1) is 11.6. The Morgan fingerprint density at radius 2 is 1.75 bits per heavy atom. The molecule has 3 heteroatoms. The summed E-state index contributed by atoms with van der Waals surface area (Å²) >= 11 is 6.65. The quantitative estimate of drug-likeness (QED) is 0.720. The summed E-state index contributed by atoms with van der Waals surface area (Å²) in [5.41, 5.74) is 3.86. The molecule has 1 nitrogen and oxygen atoms in total. The fourth-order valence-corrected chi connectivity index (χ4v) is 2.41. The molecular weight excluding hydrogens is 234 g/mol. The topological polar surface area (TPSA) is 15.8 Å². The molecule has 1 aromatic carbocycles. The van der Waals surface area contributed by atoms with Crippen LogP contribution in [0.1, 0.15) is 26.3 Å². The van der Waals surface area contributed by atoms with Crippen LogP contribution >= 0.6 is 23.6 Å². The fraction of sp³-hybridized carbons (Fsp3) is 0.308. The summed E-state index contributed by atoms with van der Waals surface area (Å²) in [5.74, 6) is 0. The molecule has 0 fully saturated rings. The van der Waals surface area contributed by atoms with Gasteiger partial charge >= 0.3 is 0 Å². The van der Waals surface area contributed by atoms with Gasteiger partial charge in [-0.2, -0.15) is 0 Å². The zero-order chi connectivity index (χ0) is 11.8. The number of hydrogen-bond donors (Lipinski definition) is 1. The van der Waals surface area contributed by atoms with Crippen molar-refractivity contribution in [2.45, 2.75) is 26.2 Å². The van der Waals surface area contributed by atoms with E-state index in [1.165, 1.54) is 11.1 Å². The zero-order valence-corrected chi connectivity index (χ0v) is 11.3. The van der Waals surface area contributed by atoms with Crippen LogP contribution in [0.15, 0.2) is 29.6 Å². The Morgan fingerprint density at radius 3 is 2.19 bits per heavy atom. The lowest BCUT2D eigenvalue weighted by atomic mass is 9.86. The van der Waals surface area contributed by atoms with Crippen LogP contribution in [0, 0.1) is 3.95 Å². The van der Waals surface area contributed by atoms with Crippen LogP contribution in [0.2, 0.25) is 0 Å². The predicted octanol–water partition coefficient (Wildman–Crippen LogP) is 4.77. The number of hydrogen-bond acceptors (Lipinski definition) is 2. The molecule has 0 aliphatic rings. The van der Waals surface area contributed by atoms with Gasteiger partial charge in [-0.15, -0.1) is 11.3 Å². The second kappa shape index (κ2) is 4.15. The average Bonchev–Trinajstić information content (AvgIpc) is 2.64.